The molecule has 64 valence electrons. The van der Waals surface area contributed by atoms with Crippen molar-refractivity contribution in [3.8, 4) is 0 Å². The maximum Gasteiger partial charge on any atom is 0.133 e. The fraction of sp³-hybridized carbons (Fsp3) is 0.900. The molecule has 0 bridgehead atoms. The largest absolute Gasteiger partial charge is 0.300 e. The third-order valence-corrected chi connectivity index (χ3v) is 3.45. The van der Waals surface area contributed by atoms with Crippen LogP contribution in [0.4, 0.5) is 0 Å². The molecule has 0 amide bonds. The summed E-state index contributed by atoms with van der Waals surface area (Å²) in [5.74, 6) is 1.49. The van der Waals surface area contributed by atoms with Gasteiger partial charge in [0.15, 0.2) is 0 Å². The van der Waals surface area contributed by atoms with Crippen LogP contribution >= 0.6 is 0 Å². The number of hydrogen-bond acceptors (Lipinski definition) is 1. The Morgan fingerprint density at radius 1 is 1.55 bits per heavy atom. The predicted molar refractivity (Wildman–Crippen MR) is 46.4 cm³/mol. The molecule has 1 heteroatoms. The average molecular weight is 154 g/mol. The first-order chi connectivity index (χ1) is 5.00. The van der Waals surface area contributed by atoms with Crippen LogP contribution in [-0.2, 0) is 4.79 Å². The topological polar surface area (TPSA) is 17.1 Å². The molecule has 1 aliphatic rings. The summed E-state index contributed by atoms with van der Waals surface area (Å²) >= 11 is 0. The van der Waals surface area contributed by atoms with Crippen molar-refractivity contribution < 1.29 is 4.79 Å². The first-order valence-corrected chi connectivity index (χ1v) is 4.50. The van der Waals surface area contributed by atoms with Gasteiger partial charge in [0.25, 0.3) is 0 Å². The zero-order chi connectivity index (χ0) is 8.65. The number of ketones is 1. The molecular weight excluding hydrogens is 136 g/mol. The number of rotatable bonds is 2. The van der Waals surface area contributed by atoms with E-state index in [-0.39, 0.29) is 5.41 Å². The highest BCUT2D eigenvalue weighted by Gasteiger charge is 2.48. The molecule has 0 unspecified atom stereocenters. The van der Waals surface area contributed by atoms with Crippen molar-refractivity contribution in [2.45, 2.75) is 40.5 Å². The van der Waals surface area contributed by atoms with Gasteiger partial charge in [-0.1, -0.05) is 27.2 Å². The second kappa shape index (κ2) is 2.62. The van der Waals surface area contributed by atoms with Crippen LogP contribution < -0.4 is 0 Å². The van der Waals surface area contributed by atoms with E-state index in [0.29, 0.717) is 11.7 Å². The number of carbonyl (C=O) groups is 1. The summed E-state index contributed by atoms with van der Waals surface area (Å²) in [6.45, 7) is 8.37. The summed E-state index contributed by atoms with van der Waals surface area (Å²) in [5, 5.41) is 0. The van der Waals surface area contributed by atoms with Gasteiger partial charge in [-0.05, 0) is 24.7 Å². The van der Waals surface area contributed by atoms with Crippen LogP contribution in [0.1, 0.15) is 40.5 Å². The van der Waals surface area contributed by atoms with Crippen LogP contribution in [0.2, 0.25) is 0 Å². The lowest BCUT2D eigenvalue weighted by atomic mass is 9.53. The Morgan fingerprint density at radius 3 is 2.36 bits per heavy atom. The van der Waals surface area contributed by atoms with Gasteiger partial charge in [-0.15, -0.1) is 0 Å². The van der Waals surface area contributed by atoms with Crippen LogP contribution in [0.5, 0.6) is 0 Å². The van der Waals surface area contributed by atoms with Crippen molar-refractivity contribution in [2.24, 2.45) is 17.3 Å². The van der Waals surface area contributed by atoms with E-state index in [4.69, 9.17) is 0 Å². The third-order valence-electron chi connectivity index (χ3n) is 3.45. The monoisotopic (exact) mass is 154 g/mol. The van der Waals surface area contributed by atoms with Gasteiger partial charge in [0.1, 0.15) is 5.78 Å². The van der Waals surface area contributed by atoms with E-state index < -0.39 is 0 Å². The van der Waals surface area contributed by atoms with Crippen molar-refractivity contribution in [3.63, 3.8) is 0 Å². The SMILES string of the molecule is CC[C@H]1C[C@@H](C(C)=O)C1(C)C. The summed E-state index contributed by atoms with van der Waals surface area (Å²) in [7, 11) is 0. The average Bonchev–Trinajstić information content (AvgIpc) is 1.85. The minimum absolute atomic E-state index is 0.278. The van der Waals surface area contributed by atoms with Crippen molar-refractivity contribution >= 4 is 5.78 Å². The van der Waals surface area contributed by atoms with Gasteiger partial charge < -0.3 is 0 Å². The van der Waals surface area contributed by atoms with Crippen LogP contribution in [0.15, 0.2) is 0 Å². The van der Waals surface area contributed by atoms with Crippen LogP contribution in [-0.4, -0.2) is 5.78 Å². The molecule has 0 radical (unpaired) electrons. The molecule has 0 spiro atoms. The fourth-order valence-corrected chi connectivity index (χ4v) is 2.40. The molecule has 0 N–H and O–H groups in total. The smallest absolute Gasteiger partial charge is 0.133 e. The highest BCUT2D eigenvalue weighted by molar-refractivity contribution is 5.80. The van der Waals surface area contributed by atoms with E-state index in [1.165, 1.54) is 6.42 Å². The Bertz CT molecular complexity index is 170. The van der Waals surface area contributed by atoms with Crippen molar-refractivity contribution in [1.82, 2.24) is 0 Å². The molecule has 11 heavy (non-hydrogen) atoms. The molecule has 0 aromatic heterocycles. The Labute approximate surface area is 69.2 Å². The highest BCUT2D eigenvalue weighted by Crippen LogP contribution is 2.52. The second-order valence-corrected chi connectivity index (χ2v) is 4.33. The Hall–Kier alpha value is -0.330. The Morgan fingerprint density at radius 2 is 2.09 bits per heavy atom. The van der Waals surface area contributed by atoms with Crippen molar-refractivity contribution in [1.29, 1.82) is 0 Å². The predicted octanol–water partition coefficient (Wildman–Crippen LogP) is 2.65. The molecule has 0 aromatic carbocycles. The van der Waals surface area contributed by atoms with Crippen molar-refractivity contribution in [3.05, 3.63) is 0 Å². The van der Waals surface area contributed by atoms with Crippen LogP contribution in [0, 0.1) is 17.3 Å². The Balaban J connectivity index is 2.61. The van der Waals surface area contributed by atoms with Gasteiger partial charge in [0.05, 0.1) is 0 Å². The number of carbonyl (C=O) groups excluding carboxylic acids is 1. The molecule has 1 nitrogen and oxygen atoms in total. The molecule has 2 atom stereocenters. The first kappa shape index (κ1) is 8.76. The van der Waals surface area contributed by atoms with E-state index in [1.54, 1.807) is 6.92 Å². The quantitative estimate of drug-likeness (QED) is 0.597. The summed E-state index contributed by atoms with van der Waals surface area (Å²) in [5.41, 5.74) is 0.278. The Kier molecular flexibility index (Phi) is 2.08. The van der Waals surface area contributed by atoms with E-state index in [9.17, 15) is 4.79 Å². The molecule has 0 heterocycles. The molecule has 1 aliphatic carbocycles. The number of hydrogen-bond donors (Lipinski definition) is 0. The molecule has 0 aliphatic heterocycles. The molecule has 1 rings (SSSR count). The maximum absolute atomic E-state index is 11.1. The maximum atomic E-state index is 11.1. The second-order valence-electron chi connectivity index (χ2n) is 4.33. The normalized spacial score (nSPS) is 34.5. The third kappa shape index (κ3) is 1.21. The van der Waals surface area contributed by atoms with E-state index in [1.807, 2.05) is 0 Å². The highest BCUT2D eigenvalue weighted by atomic mass is 16.1. The minimum Gasteiger partial charge on any atom is -0.300 e. The minimum atomic E-state index is 0.278. The van der Waals surface area contributed by atoms with Gasteiger partial charge in [0, 0.05) is 5.92 Å². The van der Waals surface area contributed by atoms with Gasteiger partial charge in [-0.3, -0.25) is 4.79 Å². The van der Waals surface area contributed by atoms with Gasteiger partial charge in [-0.2, -0.15) is 0 Å². The lowest BCUT2D eigenvalue weighted by molar-refractivity contribution is -0.136. The molecule has 1 saturated carbocycles. The van der Waals surface area contributed by atoms with E-state index in [0.717, 1.165) is 12.3 Å². The lowest BCUT2D eigenvalue weighted by Crippen LogP contribution is -2.47. The molecule has 0 saturated heterocycles. The first-order valence-electron chi connectivity index (χ1n) is 4.50. The zero-order valence-electron chi connectivity index (χ0n) is 7.98. The van der Waals surface area contributed by atoms with Crippen molar-refractivity contribution in [2.75, 3.05) is 0 Å². The van der Waals surface area contributed by atoms with Gasteiger partial charge >= 0.3 is 0 Å². The van der Waals surface area contributed by atoms with E-state index in [2.05, 4.69) is 20.8 Å². The van der Waals surface area contributed by atoms with Gasteiger partial charge in [-0.25, -0.2) is 0 Å². The molecule has 1 fully saturated rings. The summed E-state index contributed by atoms with van der Waals surface area (Å²) in [4.78, 5) is 11.1. The van der Waals surface area contributed by atoms with Crippen LogP contribution in [0.3, 0.4) is 0 Å². The summed E-state index contributed by atoms with van der Waals surface area (Å²) in [6.07, 6.45) is 2.34. The zero-order valence-corrected chi connectivity index (χ0v) is 7.98. The van der Waals surface area contributed by atoms with Gasteiger partial charge in [0.2, 0.25) is 0 Å². The number of Topliss-reactive ketones (excluding diaryl/α,β-unsaturated/α-hetero) is 1. The standard InChI is InChI=1S/C10H18O/c1-5-8-6-9(7(2)11)10(8,3)4/h8-9H,5-6H2,1-4H3/t8-,9-/m0/s1. The fourth-order valence-electron chi connectivity index (χ4n) is 2.40. The lowest BCUT2D eigenvalue weighted by Gasteiger charge is -2.51. The van der Waals surface area contributed by atoms with Crippen LogP contribution in [0.25, 0.3) is 0 Å². The molecular formula is C10H18O. The summed E-state index contributed by atoms with van der Waals surface area (Å²) < 4.78 is 0. The summed E-state index contributed by atoms with van der Waals surface area (Å²) in [6, 6.07) is 0. The van der Waals surface area contributed by atoms with E-state index >= 15 is 0 Å². The molecule has 0 aromatic rings.